The molecular weight excluding hydrogens is 593 g/mol. The number of hydrogen-bond acceptors (Lipinski definition) is 11. The van der Waals surface area contributed by atoms with E-state index in [1.54, 1.807) is 52.2 Å². The maximum absolute atomic E-state index is 14.2. The average molecular weight is 622 g/mol. The topological polar surface area (TPSA) is 124 Å². The molecule has 0 aliphatic carbocycles. The number of nitrogens with two attached hydrogens (primary N) is 1. The van der Waals surface area contributed by atoms with Crippen molar-refractivity contribution in [1.82, 2.24) is 19.5 Å². The molecule has 1 aliphatic heterocycles. The molecule has 212 valence electrons. The first-order chi connectivity index (χ1) is 19.4. The summed E-state index contributed by atoms with van der Waals surface area (Å²) in [6.45, 7) is 2.69. The van der Waals surface area contributed by atoms with Crippen molar-refractivity contribution in [3.05, 3.63) is 77.8 Å². The second-order valence-electron chi connectivity index (χ2n) is 9.14. The predicted octanol–water partition coefficient (Wildman–Crippen LogP) is 6.06. The highest BCUT2D eigenvalue weighted by atomic mass is 35.5. The van der Waals surface area contributed by atoms with Crippen LogP contribution in [0.2, 0.25) is 5.02 Å². The molecule has 1 fully saturated rings. The van der Waals surface area contributed by atoms with E-state index in [1.807, 2.05) is 41.8 Å². The van der Waals surface area contributed by atoms with E-state index in [1.165, 1.54) is 6.33 Å². The Morgan fingerprint density at radius 2 is 1.82 bits per heavy atom. The molecule has 40 heavy (non-hydrogen) atoms. The average Bonchev–Trinajstić information content (AvgIpc) is 3.37. The maximum atomic E-state index is 14.2. The Morgan fingerprint density at radius 3 is 2.60 bits per heavy atom. The number of benzene rings is 2. The van der Waals surface area contributed by atoms with Gasteiger partial charge in [-0.2, -0.15) is 0 Å². The largest absolute Gasteiger partial charge is 0.423 e. The van der Waals surface area contributed by atoms with E-state index >= 15 is 0 Å². The van der Waals surface area contributed by atoms with Gasteiger partial charge in [0, 0.05) is 16.5 Å². The molecule has 2 aromatic carbocycles. The summed E-state index contributed by atoms with van der Waals surface area (Å²) in [5.41, 5.74) is 8.07. The van der Waals surface area contributed by atoms with Gasteiger partial charge in [0.15, 0.2) is 17.8 Å². The van der Waals surface area contributed by atoms with E-state index in [4.69, 9.17) is 35.9 Å². The van der Waals surface area contributed by atoms with Gasteiger partial charge in [0.2, 0.25) is 0 Å². The van der Waals surface area contributed by atoms with Crippen LogP contribution >= 0.6 is 40.8 Å². The van der Waals surface area contributed by atoms with E-state index in [0.717, 1.165) is 5.56 Å². The van der Waals surface area contributed by atoms with Gasteiger partial charge in [-0.25, -0.2) is 19.5 Å². The molecule has 0 spiro atoms. The van der Waals surface area contributed by atoms with Crippen LogP contribution in [0.5, 0.6) is 5.75 Å². The zero-order valence-corrected chi connectivity index (χ0v) is 25.0. The van der Waals surface area contributed by atoms with Crippen LogP contribution < -0.4 is 10.3 Å². The van der Waals surface area contributed by atoms with Crippen LogP contribution in [0.25, 0.3) is 11.2 Å². The summed E-state index contributed by atoms with van der Waals surface area (Å²) in [5.74, 6) is 1.96. The van der Waals surface area contributed by atoms with Crippen molar-refractivity contribution in [2.24, 2.45) is 0 Å². The molecule has 4 aromatic rings. The van der Waals surface area contributed by atoms with Crippen molar-refractivity contribution in [3.8, 4) is 5.75 Å². The third-order valence-corrected chi connectivity index (χ3v) is 10.2. The van der Waals surface area contributed by atoms with Crippen molar-refractivity contribution in [2.45, 2.75) is 38.4 Å². The van der Waals surface area contributed by atoms with Crippen molar-refractivity contribution < 1.29 is 23.1 Å². The number of fused-ring (bicyclic) bond motifs is 1. The minimum Gasteiger partial charge on any atom is -0.423 e. The van der Waals surface area contributed by atoms with Gasteiger partial charge < -0.3 is 24.3 Å². The molecule has 0 bridgehead atoms. The second kappa shape index (κ2) is 13.6. The van der Waals surface area contributed by atoms with E-state index in [0.29, 0.717) is 52.4 Å². The molecule has 14 heteroatoms. The lowest BCUT2D eigenvalue weighted by Crippen LogP contribution is -2.38. The Hall–Kier alpha value is -2.31. The van der Waals surface area contributed by atoms with Crippen molar-refractivity contribution in [2.75, 3.05) is 23.6 Å². The van der Waals surface area contributed by atoms with Crippen molar-refractivity contribution in [3.63, 3.8) is 0 Å². The zero-order chi connectivity index (χ0) is 28.0. The summed E-state index contributed by atoms with van der Waals surface area (Å²) in [6.07, 6.45) is 1.65. The van der Waals surface area contributed by atoms with Crippen LogP contribution in [0, 0.1) is 0 Å². The van der Waals surface area contributed by atoms with Gasteiger partial charge in [0.05, 0.1) is 31.7 Å². The fraction of sp³-hybridized carbons (Fsp3) is 0.346. The molecule has 1 aliphatic rings. The number of nitrogens with zero attached hydrogens (tertiary/aromatic N) is 4. The molecule has 3 heterocycles. The van der Waals surface area contributed by atoms with Crippen LogP contribution in [0.15, 0.2) is 67.3 Å². The van der Waals surface area contributed by atoms with Crippen LogP contribution in [0.4, 0.5) is 5.82 Å². The van der Waals surface area contributed by atoms with Crippen LogP contribution in [0.3, 0.4) is 0 Å². The van der Waals surface area contributed by atoms with Gasteiger partial charge in [-0.3, -0.25) is 4.52 Å². The normalized spacial score (nSPS) is 19.8. The molecule has 10 nitrogen and oxygen atoms in total. The summed E-state index contributed by atoms with van der Waals surface area (Å²) < 4.78 is 40.5. The molecule has 2 N–H and O–H groups in total. The van der Waals surface area contributed by atoms with E-state index in [-0.39, 0.29) is 18.6 Å². The van der Waals surface area contributed by atoms with Gasteiger partial charge in [0.1, 0.15) is 23.7 Å². The SMILES string of the molecule is C[C@H](Cn1cnc2c(N)ncnc21)OCP(=O)(Oc1ccc(Cl)cc1)OC1CSSC[C@@H]1OCc1ccccc1. The highest BCUT2D eigenvalue weighted by Gasteiger charge is 2.38. The standard InChI is InChI=1S/C26H29ClN5O5PS2/c1-18(11-32-16-31-24-25(28)29-15-30-26(24)32)35-17-38(33,36-21-9-7-20(27)8-10-21)37-23-14-40-39-13-22(23)34-12-19-5-3-2-4-6-19/h2-10,15-16,18,22-23H,11-14,17H2,1H3,(H2,28,29,30)/t18-,22+,23?,38?/m1/s1. The predicted molar refractivity (Wildman–Crippen MR) is 160 cm³/mol. The summed E-state index contributed by atoms with van der Waals surface area (Å²) in [7, 11) is -0.442. The first-order valence-electron chi connectivity index (χ1n) is 12.5. The number of nitrogen functional groups attached to an aromatic ring is 1. The summed E-state index contributed by atoms with van der Waals surface area (Å²) in [5, 5.41) is 0.542. The van der Waals surface area contributed by atoms with E-state index in [9.17, 15) is 4.57 Å². The first-order valence-corrected chi connectivity index (χ1v) is 17.1. The summed E-state index contributed by atoms with van der Waals surface area (Å²) in [6, 6.07) is 16.6. The minimum atomic E-state index is -3.80. The molecule has 0 saturated carbocycles. The van der Waals surface area contributed by atoms with E-state index in [2.05, 4.69) is 15.0 Å². The van der Waals surface area contributed by atoms with Crippen LogP contribution in [0.1, 0.15) is 12.5 Å². The third kappa shape index (κ3) is 7.70. The third-order valence-electron chi connectivity index (χ3n) is 6.02. The summed E-state index contributed by atoms with van der Waals surface area (Å²) >= 11 is 6.04. The molecule has 0 amide bonds. The lowest BCUT2D eigenvalue weighted by molar-refractivity contribution is -0.0192. The first kappa shape index (κ1) is 29.2. The molecule has 4 atom stereocenters. The van der Waals surface area contributed by atoms with Crippen LogP contribution in [-0.2, 0) is 31.7 Å². The molecular formula is C26H29ClN5O5PS2. The minimum absolute atomic E-state index is 0.264. The van der Waals surface area contributed by atoms with Gasteiger partial charge in [-0.15, -0.1) is 0 Å². The fourth-order valence-electron chi connectivity index (χ4n) is 4.00. The molecule has 2 unspecified atom stereocenters. The van der Waals surface area contributed by atoms with Gasteiger partial charge in [-0.05, 0) is 36.8 Å². The molecule has 2 aromatic heterocycles. The van der Waals surface area contributed by atoms with Gasteiger partial charge >= 0.3 is 7.60 Å². The van der Waals surface area contributed by atoms with Crippen molar-refractivity contribution in [1.29, 1.82) is 0 Å². The van der Waals surface area contributed by atoms with Gasteiger partial charge in [0.25, 0.3) is 0 Å². The number of rotatable bonds is 12. The maximum Gasteiger partial charge on any atom is 0.405 e. The second-order valence-corrected chi connectivity index (χ2v) is 14.0. The van der Waals surface area contributed by atoms with E-state index < -0.39 is 13.7 Å². The Bertz CT molecular complexity index is 1450. The Kier molecular flexibility index (Phi) is 9.90. The Balaban J connectivity index is 1.28. The quantitative estimate of drug-likeness (QED) is 0.147. The van der Waals surface area contributed by atoms with Crippen molar-refractivity contribution >= 4 is 57.8 Å². The highest BCUT2D eigenvalue weighted by Crippen LogP contribution is 2.52. The molecule has 1 saturated heterocycles. The highest BCUT2D eigenvalue weighted by molar-refractivity contribution is 8.76. The van der Waals surface area contributed by atoms with Crippen LogP contribution in [-0.4, -0.2) is 55.7 Å². The smallest absolute Gasteiger partial charge is 0.405 e. The number of hydrogen-bond donors (Lipinski definition) is 1. The fourth-order valence-corrected chi connectivity index (χ4v) is 8.32. The number of imidazole rings is 1. The number of ether oxygens (including phenoxy) is 2. The van der Waals surface area contributed by atoms with Gasteiger partial charge in [-0.1, -0.05) is 63.5 Å². The lowest BCUT2D eigenvalue weighted by atomic mass is 10.2. The number of halogens is 1. The number of anilines is 1. The zero-order valence-electron chi connectivity index (χ0n) is 21.7. The summed E-state index contributed by atoms with van der Waals surface area (Å²) in [4.78, 5) is 12.5. The number of aromatic nitrogens is 4. The lowest BCUT2D eigenvalue weighted by Gasteiger charge is -2.33. The Labute approximate surface area is 245 Å². The Morgan fingerprint density at radius 1 is 1.07 bits per heavy atom. The monoisotopic (exact) mass is 621 g/mol. The molecule has 5 rings (SSSR count). The molecule has 0 radical (unpaired) electrons.